The Kier molecular flexibility index (Phi) is 6.00. The molecule has 0 rings (SSSR count). The van der Waals surface area contributed by atoms with Gasteiger partial charge in [-0.25, -0.2) is 4.79 Å². The van der Waals surface area contributed by atoms with Crippen LogP contribution in [0.1, 0.15) is 40.5 Å². The van der Waals surface area contributed by atoms with E-state index in [1.807, 2.05) is 19.9 Å². The molecule has 0 aromatic rings. The summed E-state index contributed by atoms with van der Waals surface area (Å²) in [4.78, 5) is 10.5. The molecule has 1 amide bonds. The maximum absolute atomic E-state index is 10.5. The van der Waals surface area contributed by atoms with Crippen LogP contribution in [0.15, 0.2) is 11.8 Å². The third kappa shape index (κ3) is 6.52. The zero-order valence-corrected chi connectivity index (χ0v) is 9.50. The molecule has 0 heterocycles. The van der Waals surface area contributed by atoms with Crippen LogP contribution in [0.25, 0.3) is 0 Å². The number of hydrogen-bond acceptors (Lipinski definition) is 1. The fraction of sp³-hybridized carbons (Fsp3) is 0.727. The molecule has 0 fully saturated rings. The molecule has 0 radical (unpaired) electrons. The molecule has 0 aliphatic rings. The Labute approximate surface area is 86.2 Å². The lowest BCUT2D eigenvalue weighted by atomic mass is 10.0. The minimum absolute atomic E-state index is 0.235. The minimum Gasteiger partial charge on any atom is -0.465 e. The second kappa shape index (κ2) is 6.46. The second-order valence-corrected chi connectivity index (χ2v) is 4.22. The Morgan fingerprint density at radius 1 is 1.36 bits per heavy atom. The lowest BCUT2D eigenvalue weighted by Gasteiger charge is -2.11. The van der Waals surface area contributed by atoms with E-state index in [4.69, 9.17) is 5.11 Å². The molecular weight excluding hydrogens is 178 g/mol. The van der Waals surface area contributed by atoms with Gasteiger partial charge in [-0.05, 0) is 24.7 Å². The number of nitrogens with one attached hydrogen (secondary N) is 1. The minimum atomic E-state index is -0.977. The zero-order valence-electron chi connectivity index (χ0n) is 9.50. The smallest absolute Gasteiger partial charge is 0.408 e. The summed E-state index contributed by atoms with van der Waals surface area (Å²) >= 11 is 0. The summed E-state index contributed by atoms with van der Waals surface area (Å²) < 4.78 is 0. The summed E-state index contributed by atoms with van der Waals surface area (Å²) in [6.07, 6.45) is 3.04. The Morgan fingerprint density at radius 2 is 1.93 bits per heavy atom. The first-order valence-corrected chi connectivity index (χ1v) is 5.13. The van der Waals surface area contributed by atoms with Gasteiger partial charge < -0.3 is 5.11 Å². The van der Waals surface area contributed by atoms with E-state index >= 15 is 0 Å². The predicted octanol–water partition coefficient (Wildman–Crippen LogP) is 3.23. The van der Waals surface area contributed by atoms with Gasteiger partial charge in [-0.2, -0.15) is 0 Å². The Balaban J connectivity index is 4.12. The molecule has 0 unspecified atom stereocenters. The van der Waals surface area contributed by atoms with E-state index in [-0.39, 0.29) is 5.92 Å². The fourth-order valence-corrected chi connectivity index (χ4v) is 1.13. The largest absolute Gasteiger partial charge is 0.465 e. The summed E-state index contributed by atoms with van der Waals surface area (Å²) in [5, 5.41) is 11.0. The number of hydrogen-bond donors (Lipinski definition) is 2. The van der Waals surface area contributed by atoms with Gasteiger partial charge in [0.2, 0.25) is 0 Å². The van der Waals surface area contributed by atoms with Crippen LogP contribution < -0.4 is 5.32 Å². The standard InChI is InChI=1S/C11H21NO2/c1-8(2)6-5-7-10(9(3)4)12-11(13)14/h7-9,12H,5-6H2,1-4H3,(H,13,14)/b10-7-. The van der Waals surface area contributed by atoms with E-state index in [1.165, 1.54) is 0 Å². The van der Waals surface area contributed by atoms with Gasteiger partial charge in [-0.15, -0.1) is 0 Å². The number of carbonyl (C=O) groups is 1. The van der Waals surface area contributed by atoms with Crippen LogP contribution in [0.3, 0.4) is 0 Å². The normalized spacial score (nSPS) is 12.3. The van der Waals surface area contributed by atoms with E-state index in [0.29, 0.717) is 5.92 Å². The first-order valence-electron chi connectivity index (χ1n) is 5.13. The molecule has 3 heteroatoms. The van der Waals surface area contributed by atoms with Crippen molar-refractivity contribution in [3.05, 3.63) is 11.8 Å². The molecule has 0 aliphatic heterocycles. The first-order chi connectivity index (χ1) is 6.43. The highest BCUT2D eigenvalue weighted by atomic mass is 16.4. The number of rotatable bonds is 5. The monoisotopic (exact) mass is 199 g/mol. The maximum atomic E-state index is 10.5. The summed E-state index contributed by atoms with van der Waals surface area (Å²) in [5.74, 6) is 0.891. The Bertz CT molecular complexity index is 207. The van der Waals surface area contributed by atoms with E-state index in [0.717, 1.165) is 18.5 Å². The van der Waals surface area contributed by atoms with E-state index < -0.39 is 6.09 Å². The van der Waals surface area contributed by atoms with Crippen LogP contribution in [-0.4, -0.2) is 11.2 Å². The van der Waals surface area contributed by atoms with E-state index in [1.54, 1.807) is 0 Å². The van der Waals surface area contributed by atoms with Crippen LogP contribution in [0.5, 0.6) is 0 Å². The molecule has 0 saturated heterocycles. The van der Waals surface area contributed by atoms with Crippen molar-refractivity contribution in [2.24, 2.45) is 11.8 Å². The highest BCUT2D eigenvalue weighted by Gasteiger charge is 2.05. The van der Waals surface area contributed by atoms with Crippen molar-refractivity contribution in [2.75, 3.05) is 0 Å². The van der Waals surface area contributed by atoms with Crippen LogP contribution in [0, 0.1) is 11.8 Å². The lowest BCUT2D eigenvalue weighted by molar-refractivity contribution is 0.196. The molecule has 2 N–H and O–H groups in total. The Morgan fingerprint density at radius 3 is 2.29 bits per heavy atom. The highest BCUT2D eigenvalue weighted by Crippen LogP contribution is 2.10. The molecule has 14 heavy (non-hydrogen) atoms. The van der Waals surface area contributed by atoms with Gasteiger partial charge in [0.15, 0.2) is 0 Å². The number of amides is 1. The molecule has 0 aliphatic carbocycles. The van der Waals surface area contributed by atoms with Gasteiger partial charge in [0.25, 0.3) is 0 Å². The predicted molar refractivity (Wildman–Crippen MR) is 58.2 cm³/mol. The molecule has 0 saturated carbocycles. The van der Waals surface area contributed by atoms with Gasteiger partial charge >= 0.3 is 6.09 Å². The van der Waals surface area contributed by atoms with Gasteiger partial charge in [-0.3, -0.25) is 5.32 Å². The maximum Gasteiger partial charge on any atom is 0.408 e. The van der Waals surface area contributed by atoms with Gasteiger partial charge in [0, 0.05) is 5.70 Å². The topological polar surface area (TPSA) is 49.3 Å². The van der Waals surface area contributed by atoms with Gasteiger partial charge in [0.05, 0.1) is 0 Å². The van der Waals surface area contributed by atoms with Crippen molar-refractivity contribution in [3.8, 4) is 0 Å². The second-order valence-electron chi connectivity index (χ2n) is 4.22. The molecule has 3 nitrogen and oxygen atoms in total. The third-order valence-corrected chi connectivity index (χ3v) is 1.98. The average molecular weight is 199 g/mol. The van der Waals surface area contributed by atoms with Crippen LogP contribution in [-0.2, 0) is 0 Å². The lowest BCUT2D eigenvalue weighted by Crippen LogP contribution is -2.23. The average Bonchev–Trinajstić information content (AvgIpc) is 2.00. The summed E-state index contributed by atoms with van der Waals surface area (Å²) in [7, 11) is 0. The van der Waals surface area contributed by atoms with Crippen molar-refractivity contribution in [2.45, 2.75) is 40.5 Å². The Hall–Kier alpha value is -0.990. The summed E-state index contributed by atoms with van der Waals surface area (Å²) in [5.41, 5.74) is 0.804. The van der Waals surface area contributed by atoms with Crippen molar-refractivity contribution < 1.29 is 9.90 Å². The quantitative estimate of drug-likeness (QED) is 0.714. The SMILES string of the molecule is CC(C)CC/C=C(\NC(=O)O)C(C)C. The molecule has 0 bridgehead atoms. The van der Waals surface area contributed by atoms with E-state index in [2.05, 4.69) is 19.2 Å². The number of allylic oxidation sites excluding steroid dienone is 2. The summed E-state index contributed by atoms with van der Waals surface area (Å²) in [6, 6.07) is 0. The summed E-state index contributed by atoms with van der Waals surface area (Å²) in [6.45, 7) is 8.29. The molecular formula is C11H21NO2. The highest BCUT2D eigenvalue weighted by molar-refractivity contribution is 5.66. The van der Waals surface area contributed by atoms with Gasteiger partial charge in [0.1, 0.15) is 0 Å². The number of carboxylic acid groups (broad SMARTS) is 1. The van der Waals surface area contributed by atoms with Crippen LogP contribution in [0.2, 0.25) is 0 Å². The van der Waals surface area contributed by atoms with Gasteiger partial charge in [-0.1, -0.05) is 33.8 Å². The molecule has 0 atom stereocenters. The van der Waals surface area contributed by atoms with E-state index in [9.17, 15) is 4.79 Å². The fourth-order valence-electron chi connectivity index (χ4n) is 1.13. The molecule has 0 aromatic heterocycles. The van der Waals surface area contributed by atoms with Crippen molar-refractivity contribution in [3.63, 3.8) is 0 Å². The zero-order chi connectivity index (χ0) is 11.1. The molecule has 0 spiro atoms. The van der Waals surface area contributed by atoms with Crippen molar-refractivity contribution in [1.82, 2.24) is 5.32 Å². The van der Waals surface area contributed by atoms with Crippen molar-refractivity contribution >= 4 is 6.09 Å². The van der Waals surface area contributed by atoms with Crippen LogP contribution in [0.4, 0.5) is 4.79 Å². The van der Waals surface area contributed by atoms with Crippen LogP contribution >= 0.6 is 0 Å². The third-order valence-electron chi connectivity index (χ3n) is 1.98. The first kappa shape index (κ1) is 13.0. The molecule has 0 aromatic carbocycles. The van der Waals surface area contributed by atoms with Crippen molar-refractivity contribution in [1.29, 1.82) is 0 Å². The molecule has 82 valence electrons.